The van der Waals surface area contributed by atoms with Crippen LogP contribution in [0.3, 0.4) is 0 Å². The van der Waals surface area contributed by atoms with Crippen molar-refractivity contribution in [1.82, 2.24) is 0 Å². The second-order valence-corrected chi connectivity index (χ2v) is 3.81. The number of hydrogen-bond acceptors (Lipinski definition) is 2. The average molecular weight is 173 g/mol. The third kappa shape index (κ3) is 3.69. The number of rotatable bonds is 5. The second-order valence-electron chi connectivity index (χ2n) is 3.81. The molecule has 0 radical (unpaired) electrons. The molecule has 0 N–H and O–H groups in total. The number of hydrogen-bond donors (Lipinski definition) is 0. The van der Waals surface area contributed by atoms with E-state index in [4.69, 9.17) is 0 Å². The highest BCUT2D eigenvalue weighted by atomic mass is 16.6. The van der Waals surface area contributed by atoms with E-state index in [1.807, 2.05) is 0 Å². The first-order chi connectivity index (χ1) is 5.49. The standard InChI is InChI=1S/C9H19NO2/c1-5-8(4)9(7(2)3)6-10(11)12/h7-9H,5-6H2,1-4H3/t8-,9-/m1/s1. The van der Waals surface area contributed by atoms with Gasteiger partial charge in [0.05, 0.1) is 0 Å². The minimum atomic E-state index is -0.198. The predicted octanol–water partition coefficient (Wildman–Crippen LogP) is 2.58. The van der Waals surface area contributed by atoms with Crippen LogP contribution < -0.4 is 0 Å². The molecule has 0 rings (SSSR count). The second kappa shape index (κ2) is 5.12. The molecule has 0 bridgehead atoms. The maximum atomic E-state index is 10.3. The normalized spacial score (nSPS) is 16.1. The molecule has 0 saturated heterocycles. The summed E-state index contributed by atoms with van der Waals surface area (Å²) in [7, 11) is 0. The molecule has 0 heterocycles. The Labute approximate surface area is 74.3 Å². The van der Waals surface area contributed by atoms with Crippen molar-refractivity contribution in [3.8, 4) is 0 Å². The predicted molar refractivity (Wildman–Crippen MR) is 49.6 cm³/mol. The molecule has 2 atom stereocenters. The molecular weight excluding hydrogens is 154 g/mol. The van der Waals surface area contributed by atoms with Gasteiger partial charge in [-0.3, -0.25) is 10.1 Å². The Kier molecular flexibility index (Phi) is 4.86. The monoisotopic (exact) mass is 173 g/mol. The van der Waals surface area contributed by atoms with Gasteiger partial charge in [-0.15, -0.1) is 0 Å². The summed E-state index contributed by atoms with van der Waals surface area (Å²) in [4.78, 5) is 10.1. The molecule has 0 fully saturated rings. The first-order valence-electron chi connectivity index (χ1n) is 4.60. The maximum absolute atomic E-state index is 10.3. The summed E-state index contributed by atoms with van der Waals surface area (Å²) >= 11 is 0. The van der Waals surface area contributed by atoms with E-state index >= 15 is 0 Å². The molecule has 3 nitrogen and oxygen atoms in total. The topological polar surface area (TPSA) is 43.1 Å². The van der Waals surface area contributed by atoms with Gasteiger partial charge in [-0.2, -0.15) is 0 Å². The van der Waals surface area contributed by atoms with E-state index in [9.17, 15) is 10.1 Å². The van der Waals surface area contributed by atoms with E-state index in [1.54, 1.807) is 0 Å². The van der Waals surface area contributed by atoms with Crippen molar-refractivity contribution >= 4 is 0 Å². The van der Waals surface area contributed by atoms with Crippen molar-refractivity contribution in [1.29, 1.82) is 0 Å². The summed E-state index contributed by atoms with van der Waals surface area (Å²) in [6, 6.07) is 0. The summed E-state index contributed by atoms with van der Waals surface area (Å²) in [6.07, 6.45) is 1.02. The highest BCUT2D eigenvalue weighted by Gasteiger charge is 2.24. The van der Waals surface area contributed by atoms with Crippen molar-refractivity contribution < 1.29 is 4.92 Å². The van der Waals surface area contributed by atoms with E-state index in [1.165, 1.54) is 0 Å². The van der Waals surface area contributed by atoms with Crippen molar-refractivity contribution in [3.05, 3.63) is 10.1 Å². The van der Waals surface area contributed by atoms with Gasteiger partial charge in [0.25, 0.3) is 0 Å². The van der Waals surface area contributed by atoms with Crippen molar-refractivity contribution in [2.45, 2.75) is 34.1 Å². The Morgan fingerprint density at radius 2 is 1.83 bits per heavy atom. The van der Waals surface area contributed by atoms with Crippen LogP contribution in [-0.4, -0.2) is 11.5 Å². The van der Waals surface area contributed by atoms with Crippen LogP contribution in [0.5, 0.6) is 0 Å². The van der Waals surface area contributed by atoms with Crippen LogP contribution in [0.25, 0.3) is 0 Å². The average Bonchev–Trinajstić information content (AvgIpc) is 1.98. The van der Waals surface area contributed by atoms with Gasteiger partial charge in [-0.05, 0) is 11.8 Å². The Morgan fingerprint density at radius 3 is 2.08 bits per heavy atom. The highest BCUT2D eigenvalue weighted by molar-refractivity contribution is 4.67. The fourth-order valence-corrected chi connectivity index (χ4v) is 1.52. The van der Waals surface area contributed by atoms with Gasteiger partial charge >= 0.3 is 0 Å². The first-order valence-corrected chi connectivity index (χ1v) is 4.60. The fraction of sp³-hybridized carbons (Fsp3) is 1.00. The molecule has 0 aliphatic rings. The summed E-state index contributed by atoms with van der Waals surface area (Å²) in [6.45, 7) is 8.40. The zero-order valence-electron chi connectivity index (χ0n) is 8.41. The van der Waals surface area contributed by atoms with Gasteiger partial charge in [0.2, 0.25) is 6.54 Å². The van der Waals surface area contributed by atoms with E-state index in [0.717, 1.165) is 6.42 Å². The first kappa shape index (κ1) is 11.4. The van der Waals surface area contributed by atoms with Crippen molar-refractivity contribution in [2.75, 3.05) is 6.54 Å². The van der Waals surface area contributed by atoms with E-state index in [2.05, 4.69) is 27.7 Å². The zero-order valence-corrected chi connectivity index (χ0v) is 8.41. The summed E-state index contributed by atoms with van der Waals surface area (Å²) < 4.78 is 0. The van der Waals surface area contributed by atoms with Crippen LogP contribution in [0.15, 0.2) is 0 Å². The smallest absolute Gasteiger partial charge is 0.207 e. The third-order valence-electron chi connectivity index (χ3n) is 2.59. The van der Waals surface area contributed by atoms with Gasteiger partial charge in [-0.1, -0.05) is 34.1 Å². The van der Waals surface area contributed by atoms with Gasteiger partial charge in [0, 0.05) is 10.8 Å². The zero-order chi connectivity index (χ0) is 9.72. The molecule has 12 heavy (non-hydrogen) atoms. The summed E-state index contributed by atoms with van der Waals surface area (Å²) in [5, 5.41) is 10.3. The van der Waals surface area contributed by atoms with Crippen LogP contribution in [0.1, 0.15) is 34.1 Å². The van der Waals surface area contributed by atoms with Crippen LogP contribution >= 0.6 is 0 Å². The van der Waals surface area contributed by atoms with E-state index < -0.39 is 0 Å². The van der Waals surface area contributed by atoms with Gasteiger partial charge in [0.1, 0.15) is 0 Å². The molecule has 0 aliphatic carbocycles. The lowest BCUT2D eigenvalue weighted by molar-refractivity contribution is -0.491. The van der Waals surface area contributed by atoms with Crippen molar-refractivity contribution in [2.24, 2.45) is 17.8 Å². The molecule has 0 saturated carbocycles. The minimum Gasteiger partial charge on any atom is -0.265 e. The SMILES string of the molecule is CC[C@@H](C)[C@H](C[N+](=O)[O-])C(C)C. The Balaban J connectivity index is 4.12. The lowest BCUT2D eigenvalue weighted by atomic mass is 9.83. The molecule has 0 spiro atoms. The molecule has 0 aromatic heterocycles. The molecule has 0 aliphatic heterocycles. The van der Waals surface area contributed by atoms with Gasteiger partial charge in [0.15, 0.2) is 0 Å². The van der Waals surface area contributed by atoms with Crippen LogP contribution in [0.4, 0.5) is 0 Å². The van der Waals surface area contributed by atoms with Crippen molar-refractivity contribution in [3.63, 3.8) is 0 Å². The Hall–Kier alpha value is -0.600. The minimum absolute atomic E-state index is 0.118. The molecule has 72 valence electrons. The summed E-state index contributed by atoms with van der Waals surface area (Å²) in [5.41, 5.74) is 0. The molecule has 0 unspecified atom stereocenters. The van der Waals surface area contributed by atoms with Crippen LogP contribution in [0.2, 0.25) is 0 Å². The third-order valence-corrected chi connectivity index (χ3v) is 2.59. The molecule has 0 aromatic rings. The van der Waals surface area contributed by atoms with Crippen LogP contribution in [-0.2, 0) is 0 Å². The molecular formula is C9H19NO2. The Morgan fingerprint density at radius 1 is 1.33 bits per heavy atom. The van der Waals surface area contributed by atoms with E-state index in [-0.39, 0.29) is 17.4 Å². The Bertz CT molecular complexity index is 145. The lowest BCUT2D eigenvalue weighted by Gasteiger charge is -2.22. The molecule has 0 amide bonds. The largest absolute Gasteiger partial charge is 0.265 e. The quantitative estimate of drug-likeness (QED) is 0.473. The van der Waals surface area contributed by atoms with Crippen LogP contribution in [0, 0.1) is 27.9 Å². The van der Waals surface area contributed by atoms with Gasteiger partial charge < -0.3 is 0 Å². The molecule has 3 heteroatoms. The van der Waals surface area contributed by atoms with Gasteiger partial charge in [-0.25, -0.2) is 0 Å². The van der Waals surface area contributed by atoms with E-state index in [0.29, 0.717) is 11.8 Å². The molecule has 0 aromatic carbocycles. The number of nitro groups is 1. The fourth-order valence-electron chi connectivity index (χ4n) is 1.52. The highest BCUT2D eigenvalue weighted by Crippen LogP contribution is 2.23. The lowest BCUT2D eigenvalue weighted by Crippen LogP contribution is -2.25. The maximum Gasteiger partial charge on any atom is 0.207 e. The summed E-state index contributed by atoms with van der Waals surface area (Å²) in [5.74, 6) is 1.09. The number of nitrogens with zero attached hydrogens (tertiary/aromatic N) is 1.